The van der Waals surface area contributed by atoms with Crippen LogP contribution in [0.2, 0.25) is 0 Å². The third-order valence-electron chi connectivity index (χ3n) is 8.18. The molecule has 4 atom stereocenters. The molecular formula is C30H30N4O7. The highest BCUT2D eigenvalue weighted by atomic mass is 16.3. The summed E-state index contributed by atoms with van der Waals surface area (Å²) < 4.78 is 0. The molecule has 1 heterocycles. The van der Waals surface area contributed by atoms with Gasteiger partial charge in [-0.3, -0.25) is 24.3 Å². The molecule has 0 aliphatic heterocycles. The van der Waals surface area contributed by atoms with Crippen LogP contribution >= 0.6 is 0 Å². The van der Waals surface area contributed by atoms with Crippen LogP contribution in [0.5, 0.6) is 5.75 Å². The molecule has 5 rings (SSSR count). The number of ketones is 2. The zero-order valence-electron chi connectivity index (χ0n) is 23.0. The number of hydrogen-bond donors (Lipinski definition) is 5. The van der Waals surface area contributed by atoms with Crippen molar-refractivity contribution in [2.24, 2.45) is 17.6 Å². The Morgan fingerprint density at radius 3 is 2.44 bits per heavy atom. The van der Waals surface area contributed by atoms with Crippen LogP contribution in [0.3, 0.4) is 0 Å². The summed E-state index contributed by atoms with van der Waals surface area (Å²) in [4.78, 5) is 46.7. The number of aliphatic hydroxyl groups excluding tert-OH is 2. The number of nitrogens with two attached hydrogens (primary N) is 1. The van der Waals surface area contributed by atoms with E-state index in [9.17, 15) is 34.8 Å². The number of amides is 1. The summed E-state index contributed by atoms with van der Waals surface area (Å²) in [5.41, 5.74) is 3.61. The zero-order valence-corrected chi connectivity index (χ0v) is 23.0. The minimum absolute atomic E-state index is 0.0111. The molecule has 11 heteroatoms. The summed E-state index contributed by atoms with van der Waals surface area (Å²) in [6.45, 7) is 0. The number of fused-ring (bicyclic) bond motifs is 3. The lowest BCUT2D eigenvalue weighted by molar-refractivity contribution is -0.153. The number of benzene rings is 1. The van der Waals surface area contributed by atoms with Gasteiger partial charge < -0.3 is 31.1 Å². The highest BCUT2D eigenvalue weighted by molar-refractivity contribution is 6.24. The molecule has 1 saturated carbocycles. The number of Topliss-reactive ketones (excluding diaryl/α,β-unsaturated/α-hetero) is 2. The van der Waals surface area contributed by atoms with Crippen LogP contribution in [0, 0.1) is 23.7 Å². The number of nitrogens with zero attached hydrogens (tertiary/aromatic N) is 3. The van der Waals surface area contributed by atoms with Gasteiger partial charge >= 0.3 is 0 Å². The quantitative estimate of drug-likeness (QED) is 0.268. The van der Waals surface area contributed by atoms with Crippen LogP contribution in [-0.4, -0.2) is 87.6 Å². The Morgan fingerprint density at radius 2 is 1.85 bits per heavy atom. The zero-order chi connectivity index (χ0) is 30.0. The fourth-order valence-corrected chi connectivity index (χ4v) is 6.36. The van der Waals surface area contributed by atoms with E-state index in [1.807, 2.05) is 0 Å². The first-order valence-corrected chi connectivity index (χ1v) is 12.9. The Morgan fingerprint density at radius 1 is 1.15 bits per heavy atom. The fourth-order valence-electron chi connectivity index (χ4n) is 6.36. The Labute approximate surface area is 236 Å². The van der Waals surface area contributed by atoms with Crippen molar-refractivity contribution < 1.29 is 34.8 Å². The van der Waals surface area contributed by atoms with Gasteiger partial charge in [-0.05, 0) is 56.6 Å². The van der Waals surface area contributed by atoms with Crippen molar-refractivity contribution >= 4 is 28.9 Å². The van der Waals surface area contributed by atoms with E-state index in [0.29, 0.717) is 16.8 Å². The third kappa shape index (κ3) is 4.06. The summed E-state index contributed by atoms with van der Waals surface area (Å²) in [5, 5.41) is 45.6. The van der Waals surface area contributed by atoms with Crippen LogP contribution in [0.15, 0.2) is 47.5 Å². The first-order chi connectivity index (χ1) is 19.3. The van der Waals surface area contributed by atoms with Crippen LogP contribution < -0.4 is 10.6 Å². The first-order valence-electron chi connectivity index (χ1n) is 12.9. The van der Waals surface area contributed by atoms with Crippen molar-refractivity contribution in [2.45, 2.75) is 24.5 Å². The topological polar surface area (TPSA) is 178 Å². The Balaban J connectivity index is 1.73. The van der Waals surface area contributed by atoms with E-state index < -0.39 is 58.0 Å². The molecule has 3 aliphatic carbocycles. The van der Waals surface area contributed by atoms with Gasteiger partial charge in [-0.25, -0.2) is 0 Å². The summed E-state index contributed by atoms with van der Waals surface area (Å²) in [5.74, 6) is -1.14. The van der Waals surface area contributed by atoms with Crippen LogP contribution in [-0.2, 0) is 20.8 Å². The maximum Gasteiger partial charge on any atom is 0.255 e. The van der Waals surface area contributed by atoms with Crippen molar-refractivity contribution in [1.29, 1.82) is 0 Å². The highest BCUT2D eigenvalue weighted by Gasteiger charge is 2.64. The second kappa shape index (κ2) is 9.76. The molecule has 1 amide bonds. The molecule has 0 spiro atoms. The van der Waals surface area contributed by atoms with Crippen LogP contribution in [0.1, 0.15) is 28.7 Å². The molecule has 2 aromatic rings. The van der Waals surface area contributed by atoms with Gasteiger partial charge in [-0.15, -0.1) is 0 Å². The van der Waals surface area contributed by atoms with E-state index in [2.05, 4.69) is 16.8 Å². The third-order valence-corrected chi connectivity index (χ3v) is 8.18. The number of phenols is 1. The number of primary amides is 1. The van der Waals surface area contributed by atoms with Crippen LogP contribution in [0.25, 0.3) is 5.76 Å². The second-order valence-electron chi connectivity index (χ2n) is 11.0. The molecule has 1 aromatic carbocycles. The number of phenolic OH excluding ortho intramolecular Hbond substituents is 1. The smallest absolute Gasteiger partial charge is 0.255 e. The summed E-state index contributed by atoms with van der Waals surface area (Å²) >= 11 is 0. The Hall–Kier alpha value is -4.66. The van der Waals surface area contributed by atoms with Gasteiger partial charge in [0.1, 0.15) is 22.8 Å². The standard InChI is InChI=1S/C30H30N4O7/c1-33(2)19-12-15(8-7-14-6-5-9-32-13-14)24(35)21-17(19)10-16-11-18-23(34(3)4)26(37)22(29(31)40)28(39)30(18,41)27(38)20(16)25(21)36/h5-6,9,12-13,16,18,23,35-36,39,41H,10-11H2,1-4H3,(H2,31,40). The SMILES string of the molecule is CN(C)c1cc(C#Cc2cccnc2)c(O)c2c1CC1CC3C(N(C)C)C(=O)C(C(N)=O)=C(O)C3(O)C(=O)C1=C2O. The van der Waals surface area contributed by atoms with E-state index in [1.165, 1.54) is 4.90 Å². The normalized spacial score (nSPS) is 25.3. The predicted molar refractivity (Wildman–Crippen MR) is 149 cm³/mol. The lowest BCUT2D eigenvalue weighted by atomic mass is 9.57. The second-order valence-corrected chi connectivity index (χ2v) is 11.0. The lowest BCUT2D eigenvalue weighted by Gasteiger charge is -2.50. The maximum atomic E-state index is 14.0. The summed E-state index contributed by atoms with van der Waals surface area (Å²) in [6, 6.07) is 4.02. The van der Waals surface area contributed by atoms with Crippen LogP contribution in [0.4, 0.5) is 5.69 Å². The molecule has 6 N–H and O–H groups in total. The average Bonchev–Trinajstić information content (AvgIpc) is 2.90. The summed E-state index contributed by atoms with van der Waals surface area (Å²) in [6.07, 6.45) is 3.37. The number of rotatable bonds is 3. The molecule has 0 bridgehead atoms. The number of aliphatic hydroxyl groups is 3. The largest absolute Gasteiger partial charge is 0.508 e. The summed E-state index contributed by atoms with van der Waals surface area (Å²) in [7, 11) is 6.71. The van der Waals surface area contributed by atoms with Gasteiger partial charge in [0.25, 0.3) is 5.91 Å². The number of anilines is 1. The minimum Gasteiger partial charge on any atom is -0.508 e. The van der Waals surface area contributed by atoms with Gasteiger partial charge in [-0.2, -0.15) is 0 Å². The molecule has 3 aliphatic rings. The van der Waals surface area contributed by atoms with Gasteiger partial charge in [0.05, 0.1) is 17.2 Å². The van der Waals surface area contributed by atoms with Gasteiger partial charge in [0.2, 0.25) is 5.78 Å². The fraction of sp³-hybridized carbons (Fsp3) is 0.333. The van der Waals surface area contributed by atoms with Crippen molar-refractivity contribution in [3.63, 3.8) is 0 Å². The number of aromatic nitrogens is 1. The maximum absolute atomic E-state index is 14.0. The number of pyridine rings is 1. The number of likely N-dealkylation sites (N-methyl/N-ethyl adjacent to an activating group) is 1. The molecule has 0 radical (unpaired) electrons. The number of aromatic hydroxyl groups is 1. The van der Waals surface area contributed by atoms with E-state index in [-0.39, 0.29) is 35.3 Å². The number of hydrogen-bond acceptors (Lipinski definition) is 10. The molecule has 0 saturated heterocycles. The Kier molecular flexibility index (Phi) is 6.64. The van der Waals surface area contributed by atoms with E-state index in [1.54, 1.807) is 63.7 Å². The first kappa shape index (κ1) is 27.9. The van der Waals surface area contributed by atoms with Crippen molar-refractivity contribution in [3.05, 3.63) is 69.8 Å². The Bertz CT molecular complexity index is 1630. The molecule has 41 heavy (non-hydrogen) atoms. The average molecular weight is 559 g/mol. The van der Waals surface area contributed by atoms with E-state index in [4.69, 9.17) is 5.73 Å². The lowest BCUT2D eigenvalue weighted by Crippen LogP contribution is -2.65. The van der Waals surface area contributed by atoms with E-state index in [0.717, 1.165) is 0 Å². The van der Waals surface area contributed by atoms with Gasteiger partial charge in [0.15, 0.2) is 11.4 Å². The van der Waals surface area contributed by atoms with E-state index >= 15 is 0 Å². The van der Waals surface area contributed by atoms with Gasteiger partial charge in [-0.1, -0.05) is 11.8 Å². The molecular weight excluding hydrogens is 528 g/mol. The molecule has 11 nitrogen and oxygen atoms in total. The molecule has 4 unspecified atom stereocenters. The number of carbonyl (C=O) groups excluding carboxylic acids is 3. The van der Waals surface area contributed by atoms with Gasteiger partial charge in [0, 0.05) is 49.2 Å². The van der Waals surface area contributed by atoms with Crippen molar-refractivity contribution in [3.8, 4) is 17.6 Å². The molecule has 1 aromatic heterocycles. The monoisotopic (exact) mass is 558 g/mol. The molecule has 1 fully saturated rings. The van der Waals surface area contributed by atoms with Crippen molar-refractivity contribution in [2.75, 3.05) is 33.1 Å². The number of carbonyl (C=O) groups is 3. The highest BCUT2D eigenvalue weighted by Crippen LogP contribution is 2.54. The minimum atomic E-state index is -2.69. The predicted octanol–water partition coefficient (Wildman–Crippen LogP) is 0.825. The van der Waals surface area contributed by atoms with Crippen molar-refractivity contribution in [1.82, 2.24) is 9.88 Å². The molecule has 212 valence electrons.